The van der Waals surface area contributed by atoms with Gasteiger partial charge in [0, 0.05) is 18.2 Å². The van der Waals surface area contributed by atoms with Crippen LogP contribution in [0.5, 0.6) is 0 Å². The van der Waals surface area contributed by atoms with Crippen LogP contribution in [0, 0.1) is 5.92 Å². The van der Waals surface area contributed by atoms with Gasteiger partial charge in [0.25, 0.3) is 5.56 Å². The Labute approximate surface area is 107 Å². The van der Waals surface area contributed by atoms with Gasteiger partial charge in [0.1, 0.15) is 6.23 Å². The van der Waals surface area contributed by atoms with Crippen molar-refractivity contribution in [3.63, 3.8) is 0 Å². The van der Waals surface area contributed by atoms with Gasteiger partial charge in [-0.25, -0.2) is 4.79 Å². The molecule has 0 radical (unpaired) electrons. The molecule has 1 aliphatic heterocycles. The minimum atomic E-state index is -0.402. The molecule has 0 aromatic carbocycles. The summed E-state index contributed by atoms with van der Waals surface area (Å²) in [7, 11) is 0. The van der Waals surface area contributed by atoms with Crippen molar-refractivity contribution in [3.8, 4) is 0 Å². The van der Waals surface area contributed by atoms with Gasteiger partial charge in [-0.1, -0.05) is 27.7 Å². The van der Waals surface area contributed by atoms with Crippen molar-refractivity contribution in [1.29, 1.82) is 0 Å². The molecular formula is C13H22N2O3. The topological polar surface area (TPSA) is 64.1 Å². The van der Waals surface area contributed by atoms with Crippen LogP contribution in [0.2, 0.25) is 0 Å². The van der Waals surface area contributed by atoms with Gasteiger partial charge in [0.2, 0.25) is 0 Å². The first-order valence-electron chi connectivity index (χ1n) is 6.58. The summed E-state index contributed by atoms with van der Waals surface area (Å²) in [5, 5.41) is 0. The Bertz CT molecular complexity index is 478. The zero-order valence-electron chi connectivity index (χ0n) is 11.5. The van der Waals surface area contributed by atoms with E-state index in [0.29, 0.717) is 0 Å². The standard InChI is InChI=1S/C11H16N2O3.C2H6/c1-3-8-6-7(2)10(16-8)13-5-4-9(14)12-11(13)15;1-2/h4-5,7-8,10H,3,6H2,1-2H3,(H,12,14,15);1-2H3. The summed E-state index contributed by atoms with van der Waals surface area (Å²) in [6, 6.07) is 1.34. The van der Waals surface area contributed by atoms with Crippen LogP contribution >= 0.6 is 0 Å². The zero-order chi connectivity index (χ0) is 13.7. The summed E-state index contributed by atoms with van der Waals surface area (Å²) in [6.07, 6.45) is 3.35. The predicted molar refractivity (Wildman–Crippen MR) is 70.7 cm³/mol. The Kier molecular flexibility index (Phi) is 5.34. The van der Waals surface area contributed by atoms with Crippen molar-refractivity contribution in [2.45, 2.75) is 52.9 Å². The number of nitrogens with one attached hydrogen (secondary N) is 1. The number of rotatable bonds is 2. The van der Waals surface area contributed by atoms with Crippen LogP contribution in [0.15, 0.2) is 21.9 Å². The second-order valence-electron chi connectivity index (χ2n) is 4.29. The summed E-state index contributed by atoms with van der Waals surface area (Å²) in [6.45, 7) is 8.12. The molecule has 5 nitrogen and oxygen atoms in total. The van der Waals surface area contributed by atoms with E-state index in [4.69, 9.17) is 4.74 Å². The van der Waals surface area contributed by atoms with Crippen molar-refractivity contribution in [3.05, 3.63) is 33.1 Å². The highest BCUT2D eigenvalue weighted by Gasteiger charge is 2.32. The van der Waals surface area contributed by atoms with Crippen molar-refractivity contribution < 1.29 is 4.74 Å². The lowest BCUT2D eigenvalue weighted by Gasteiger charge is -2.17. The summed E-state index contributed by atoms with van der Waals surface area (Å²) in [5.41, 5.74) is -0.778. The van der Waals surface area contributed by atoms with Crippen molar-refractivity contribution in [2.24, 2.45) is 5.92 Å². The van der Waals surface area contributed by atoms with Gasteiger partial charge in [-0.15, -0.1) is 0 Å². The minimum Gasteiger partial charge on any atom is -0.354 e. The Balaban J connectivity index is 0.000000771. The van der Waals surface area contributed by atoms with Gasteiger partial charge >= 0.3 is 5.69 Å². The monoisotopic (exact) mass is 254 g/mol. The lowest BCUT2D eigenvalue weighted by atomic mass is 10.0. The van der Waals surface area contributed by atoms with Crippen molar-refractivity contribution >= 4 is 0 Å². The highest BCUT2D eigenvalue weighted by molar-refractivity contribution is 4.87. The molecule has 102 valence electrons. The van der Waals surface area contributed by atoms with E-state index >= 15 is 0 Å². The third-order valence-corrected chi connectivity index (χ3v) is 3.03. The molecule has 3 atom stereocenters. The van der Waals surface area contributed by atoms with Gasteiger partial charge in [0.15, 0.2) is 0 Å². The molecule has 1 saturated heterocycles. The van der Waals surface area contributed by atoms with Crippen LogP contribution in [-0.4, -0.2) is 15.7 Å². The maximum absolute atomic E-state index is 11.6. The fourth-order valence-corrected chi connectivity index (χ4v) is 2.15. The molecule has 0 spiro atoms. The van der Waals surface area contributed by atoms with E-state index in [1.54, 1.807) is 0 Å². The third-order valence-electron chi connectivity index (χ3n) is 3.03. The highest BCUT2D eigenvalue weighted by Crippen LogP contribution is 2.33. The third kappa shape index (κ3) is 3.10. The first-order chi connectivity index (χ1) is 8.61. The van der Waals surface area contributed by atoms with E-state index in [-0.39, 0.29) is 23.8 Å². The highest BCUT2D eigenvalue weighted by atomic mass is 16.5. The number of aromatic amines is 1. The van der Waals surface area contributed by atoms with Crippen LogP contribution < -0.4 is 11.2 Å². The molecule has 1 aliphatic rings. The van der Waals surface area contributed by atoms with Crippen LogP contribution in [0.25, 0.3) is 0 Å². The largest absolute Gasteiger partial charge is 0.354 e. The Hall–Kier alpha value is -1.36. The molecular weight excluding hydrogens is 232 g/mol. The number of ether oxygens (including phenoxy) is 1. The van der Waals surface area contributed by atoms with E-state index in [9.17, 15) is 9.59 Å². The normalized spacial score (nSPS) is 26.6. The first kappa shape index (κ1) is 14.7. The Morgan fingerprint density at radius 3 is 2.61 bits per heavy atom. The molecule has 2 rings (SSSR count). The molecule has 0 amide bonds. The van der Waals surface area contributed by atoms with E-state index in [1.807, 2.05) is 13.8 Å². The van der Waals surface area contributed by atoms with Gasteiger partial charge < -0.3 is 4.74 Å². The predicted octanol–water partition coefficient (Wildman–Crippen LogP) is 1.90. The smallest absolute Gasteiger partial charge is 0.330 e. The van der Waals surface area contributed by atoms with E-state index in [0.717, 1.165) is 12.8 Å². The second kappa shape index (κ2) is 6.54. The van der Waals surface area contributed by atoms with Crippen LogP contribution in [0.3, 0.4) is 0 Å². The lowest BCUT2D eigenvalue weighted by molar-refractivity contribution is -0.0142. The molecule has 0 aliphatic carbocycles. The van der Waals surface area contributed by atoms with Crippen molar-refractivity contribution in [1.82, 2.24) is 9.55 Å². The summed E-state index contributed by atoms with van der Waals surface area (Å²) in [5.74, 6) is 0.286. The van der Waals surface area contributed by atoms with Crippen LogP contribution in [-0.2, 0) is 4.74 Å². The number of nitrogens with zero attached hydrogens (tertiary/aromatic N) is 1. The summed E-state index contributed by atoms with van der Waals surface area (Å²) >= 11 is 0. The first-order valence-corrected chi connectivity index (χ1v) is 6.58. The maximum atomic E-state index is 11.6. The molecule has 1 fully saturated rings. The van der Waals surface area contributed by atoms with Gasteiger partial charge in [-0.3, -0.25) is 14.3 Å². The number of hydrogen-bond donors (Lipinski definition) is 1. The van der Waals surface area contributed by atoms with E-state index in [2.05, 4.69) is 18.8 Å². The average Bonchev–Trinajstić information content (AvgIpc) is 2.73. The zero-order valence-corrected chi connectivity index (χ0v) is 11.5. The number of aromatic nitrogens is 2. The molecule has 1 aromatic rings. The molecule has 3 unspecified atom stereocenters. The van der Waals surface area contributed by atoms with E-state index < -0.39 is 5.69 Å². The van der Waals surface area contributed by atoms with Gasteiger partial charge in [-0.05, 0) is 12.8 Å². The maximum Gasteiger partial charge on any atom is 0.330 e. The Morgan fingerprint density at radius 2 is 2.11 bits per heavy atom. The molecule has 2 heterocycles. The Morgan fingerprint density at radius 1 is 1.44 bits per heavy atom. The van der Waals surface area contributed by atoms with E-state index in [1.165, 1.54) is 16.8 Å². The molecule has 0 saturated carbocycles. The van der Waals surface area contributed by atoms with Crippen LogP contribution in [0.1, 0.15) is 46.8 Å². The summed E-state index contributed by atoms with van der Waals surface area (Å²) < 4.78 is 7.23. The fraction of sp³-hybridized carbons (Fsp3) is 0.692. The molecule has 5 heteroatoms. The molecule has 1 N–H and O–H groups in total. The summed E-state index contributed by atoms with van der Waals surface area (Å²) in [4.78, 5) is 24.8. The number of hydrogen-bond acceptors (Lipinski definition) is 3. The van der Waals surface area contributed by atoms with Crippen LogP contribution in [0.4, 0.5) is 0 Å². The van der Waals surface area contributed by atoms with Gasteiger partial charge in [-0.2, -0.15) is 0 Å². The molecule has 1 aromatic heterocycles. The molecule has 18 heavy (non-hydrogen) atoms. The van der Waals surface area contributed by atoms with Crippen molar-refractivity contribution in [2.75, 3.05) is 0 Å². The SMILES string of the molecule is CC.CCC1CC(C)C(n2ccc(=O)[nH]c2=O)O1. The minimum absolute atomic E-state index is 0.207. The second-order valence-corrected chi connectivity index (χ2v) is 4.29. The fourth-order valence-electron chi connectivity index (χ4n) is 2.15. The average molecular weight is 254 g/mol. The number of H-pyrrole nitrogens is 1. The quantitative estimate of drug-likeness (QED) is 0.876. The van der Waals surface area contributed by atoms with Gasteiger partial charge in [0.05, 0.1) is 6.10 Å². The molecule has 0 bridgehead atoms. The lowest BCUT2D eigenvalue weighted by Crippen LogP contribution is -2.33.